The van der Waals surface area contributed by atoms with E-state index in [1.54, 1.807) is 11.8 Å². The van der Waals surface area contributed by atoms with Crippen LogP contribution in [0.4, 0.5) is 0 Å². The molecule has 0 saturated heterocycles. The van der Waals surface area contributed by atoms with Gasteiger partial charge in [-0.05, 0) is 25.8 Å². The number of carbonyl (C=O) groups is 2. The smallest absolute Gasteiger partial charge is 0.325 e. The standard InChI is InChI=1S/C15H30N2O3/c1-6-20-15(19)11-17(10-12(2)3)14(18)8-7-9-16-13(4)5/h12-13,16H,6-11H2,1-5H3. The first-order valence-corrected chi connectivity index (χ1v) is 7.53. The minimum atomic E-state index is -0.332. The van der Waals surface area contributed by atoms with Crippen LogP contribution in [0.5, 0.6) is 0 Å². The molecule has 0 aromatic heterocycles. The van der Waals surface area contributed by atoms with E-state index in [0.29, 0.717) is 31.5 Å². The van der Waals surface area contributed by atoms with E-state index in [-0.39, 0.29) is 18.4 Å². The third-order valence-corrected chi connectivity index (χ3v) is 2.68. The minimum absolute atomic E-state index is 0.0253. The Hall–Kier alpha value is -1.10. The zero-order chi connectivity index (χ0) is 15.5. The molecule has 0 heterocycles. The summed E-state index contributed by atoms with van der Waals surface area (Å²) in [5, 5.41) is 3.28. The summed E-state index contributed by atoms with van der Waals surface area (Å²) in [6.07, 6.45) is 1.25. The maximum absolute atomic E-state index is 12.2. The van der Waals surface area contributed by atoms with E-state index in [2.05, 4.69) is 19.2 Å². The van der Waals surface area contributed by atoms with E-state index in [1.165, 1.54) is 0 Å². The molecule has 118 valence electrons. The zero-order valence-electron chi connectivity index (χ0n) is 13.6. The molecule has 20 heavy (non-hydrogen) atoms. The Morgan fingerprint density at radius 1 is 1.20 bits per heavy atom. The Morgan fingerprint density at radius 2 is 1.85 bits per heavy atom. The predicted octanol–water partition coefficient (Wildman–Crippen LogP) is 1.81. The zero-order valence-corrected chi connectivity index (χ0v) is 13.6. The second-order valence-electron chi connectivity index (χ2n) is 5.69. The van der Waals surface area contributed by atoms with Crippen LogP contribution in [-0.4, -0.2) is 49.1 Å². The van der Waals surface area contributed by atoms with Gasteiger partial charge in [-0.25, -0.2) is 0 Å². The molecule has 0 fully saturated rings. The molecule has 0 aliphatic carbocycles. The molecule has 1 N–H and O–H groups in total. The van der Waals surface area contributed by atoms with Crippen molar-refractivity contribution in [3.63, 3.8) is 0 Å². The van der Waals surface area contributed by atoms with Gasteiger partial charge in [0, 0.05) is 19.0 Å². The second kappa shape index (κ2) is 10.7. The summed E-state index contributed by atoms with van der Waals surface area (Å²) < 4.78 is 4.92. The van der Waals surface area contributed by atoms with E-state index in [9.17, 15) is 9.59 Å². The highest BCUT2D eigenvalue weighted by molar-refractivity contribution is 5.82. The topological polar surface area (TPSA) is 58.6 Å². The fourth-order valence-electron chi connectivity index (χ4n) is 1.85. The minimum Gasteiger partial charge on any atom is -0.465 e. The Labute approximate surface area is 123 Å². The van der Waals surface area contributed by atoms with E-state index < -0.39 is 0 Å². The summed E-state index contributed by atoms with van der Waals surface area (Å²) in [6.45, 7) is 11.8. The number of amides is 1. The average molecular weight is 286 g/mol. The molecule has 0 aliphatic heterocycles. The van der Waals surface area contributed by atoms with Gasteiger partial charge < -0.3 is 15.0 Å². The quantitative estimate of drug-likeness (QED) is 0.491. The molecule has 0 saturated carbocycles. The van der Waals surface area contributed by atoms with Gasteiger partial charge >= 0.3 is 5.97 Å². The van der Waals surface area contributed by atoms with Gasteiger partial charge in [-0.3, -0.25) is 9.59 Å². The molecule has 0 rings (SSSR count). The molecule has 0 radical (unpaired) electrons. The Bertz CT molecular complexity index is 291. The van der Waals surface area contributed by atoms with Crippen LogP contribution in [0.2, 0.25) is 0 Å². The molecule has 0 unspecified atom stereocenters. The maximum Gasteiger partial charge on any atom is 0.325 e. The summed E-state index contributed by atoms with van der Waals surface area (Å²) in [4.78, 5) is 25.3. The number of nitrogens with zero attached hydrogens (tertiary/aromatic N) is 1. The van der Waals surface area contributed by atoms with Crippen LogP contribution in [0.15, 0.2) is 0 Å². The summed E-state index contributed by atoms with van der Waals surface area (Å²) >= 11 is 0. The second-order valence-corrected chi connectivity index (χ2v) is 5.69. The highest BCUT2D eigenvalue weighted by atomic mass is 16.5. The Morgan fingerprint density at radius 3 is 2.35 bits per heavy atom. The van der Waals surface area contributed by atoms with Gasteiger partial charge in [-0.2, -0.15) is 0 Å². The van der Waals surface area contributed by atoms with Crippen LogP contribution in [0.3, 0.4) is 0 Å². The molecule has 0 bridgehead atoms. The van der Waals surface area contributed by atoms with Crippen molar-refractivity contribution in [1.82, 2.24) is 10.2 Å². The summed E-state index contributed by atoms with van der Waals surface area (Å²) in [6, 6.07) is 0.427. The van der Waals surface area contributed by atoms with Gasteiger partial charge in [0.1, 0.15) is 6.54 Å². The molecule has 0 aromatic rings. The van der Waals surface area contributed by atoms with Gasteiger partial charge in [-0.1, -0.05) is 27.7 Å². The highest BCUT2D eigenvalue weighted by Crippen LogP contribution is 2.04. The number of hydrogen-bond acceptors (Lipinski definition) is 4. The third kappa shape index (κ3) is 9.78. The number of ether oxygens (including phenoxy) is 1. The number of nitrogens with one attached hydrogen (secondary N) is 1. The van der Waals surface area contributed by atoms with Crippen LogP contribution in [0.1, 0.15) is 47.5 Å². The molecule has 5 heteroatoms. The van der Waals surface area contributed by atoms with Gasteiger partial charge in [-0.15, -0.1) is 0 Å². The largest absolute Gasteiger partial charge is 0.465 e. The van der Waals surface area contributed by atoms with Crippen LogP contribution >= 0.6 is 0 Å². The van der Waals surface area contributed by atoms with Crippen LogP contribution in [0.25, 0.3) is 0 Å². The first-order chi connectivity index (χ1) is 9.36. The lowest BCUT2D eigenvalue weighted by atomic mass is 10.2. The lowest BCUT2D eigenvalue weighted by molar-refractivity contribution is -0.149. The van der Waals surface area contributed by atoms with Gasteiger partial charge in [0.2, 0.25) is 5.91 Å². The van der Waals surface area contributed by atoms with Crippen LogP contribution in [0, 0.1) is 5.92 Å². The van der Waals surface area contributed by atoms with Crippen LogP contribution in [-0.2, 0) is 14.3 Å². The Kier molecular flexibility index (Phi) is 10.1. The molecular formula is C15H30N2O3. The third-order valence-electron chi connectivity index (χ3n) is 2.68. The number of carbonyl (C=O) groups excluding carboxylic acids is 2. The fraction of sp³-hybridized carbons (Fsp3) is 0.867. The van der Waals surface area contributed by atoms with Crippen molar-refractivity contribution in [1.29, 1.82) is 0 Å². The van der Waals surface area contributed by atoms with E-state index in [4.69, 9.17) is 4.74 Å². The fourth-order valence-corrected chi connectivity index (χ4v) is 1.85. The van der Waals surface area contributed by atoms with Gasteiger partial charge in [0.05, 0.1) is 6.61 Å². The lowest BCUT2D eigenvalue weighted by Gasteiger charge is -2.23. The number of esters is 1. The van der Waals surface area contributed by atoms with E-state index in [1.807, 2.05) is 13.8 Å². The van der Waals surface area contributed by atoms with Crippen molar-refractivity contribution in [2.45, 2.75) is 53.5 Å². The average Bonchev–Trinajstić information content (AvgIpc) is 2.33. The summed E-state index contributed by atoms with van der Waals surface area (Å²) in [5.74, 6) is 0.0290. The normalized spacial score (nSPS) is 10.9. The molecule has 0 spiro atoms. The molecular weight excluding hydrogens is 256 g/mol. The Balaban J connectivity index is 4.23. The first kappa shape index (κ1) is 18.9. The SMILES string of the molecule is CCOC(=O)CN(CC(C)C)C(=O)CCCNC(C)C. The highest BCUT2D eigenvalue weighted by Gasteiger charge is 2.18. The number of rotatable bonds is 10. The summed E-state index contributed by atoms with van der Waals surface area (Å²) in [7, 11) is 0. The molecule has 0 aliphatic rings. The van der Waals surface area contributed by atoms with Gasteiger partial charge in [0.25, 0.3) is 0 Å². The van der Waals surface area contributed by atoms with Crippen molar-refractivity contribution < 1.29 is 14.3 Å². The van der Waals surface area contributed by atoms with Crippen molar-refractivity contribution in [3.05, 3.63) is 0 Å². The monoisotopic (exact) mass is 286 g/mol. The molecule has 0 atom stereocenters. The number of hydrogen-bond donors (Lipinski definition) is 1. The van der Waals surface area contributed by atoms with Crippen molar-refractivity contribution in [2.24, 2.45) is 5.92 Å². The summed E-state index contributed by atoms with van der Waals surface area (Å²) in [5.41, 5.74) is 0. The predicted molar refractivity (Wildman–Crippen MR) is 80.4 cm³/mol. The van der Waals surface area contributed by atoms with Crippen molar-refractivity contribution in [3.8, 4) is 0 Å². The van der Waals surface area contributed by atoms with Gasteiger partial charge in [0.15, 0.2) is 0 Å². The van der Waals surface area contributed by atoms with Crippen molar-refractivity contribution >= 4 is 11.9 Å². The van der Waals surface area contributed by atoms with Crippen molar-refractivity contribution in [2.75, 3.05) is 26.2 Å². The first-order valence-electron chi connectivity index (χ1n) is 7.53. The molecule has 5 nitrogen and oxygen atoms in total. The maximum atomic E-state index is 12.2. The van der Waals surface area contributed by atoms with E-state index in [0.717, 1.165) is 13.0 Å². The molecule has 1 amide bonds. The van der Waals surface area contributed by atoms with E-state index >= 15 is 0 Å². The van der Waals surface area contributed by atoms with Crippen LogP contribution < -0.4 is 5.32 Å². The molecule has 0 aromatic carbocycles. The lowest BCUT2D eigenvalue weighted by Crippen LogP contribution is -2.39.